The maximum atomic E-state index is 12.9. The van der Waals surface area contributed by atoms with Crippen molar-refractivity contribution in [2.75, 3.05) is 0 Å². The zero-order chi connectivity index (χ0) is 11.9. The van der Waals surface area contributed by atoms with Gasteiger partial charge in [0.25, 0.3) is 5.91 Å². The van der Waals surface area contributed by atoms with E-state index in [2.05, 4.69) is 5.32 Å². The minimum absolute atomic E-state index is 0.204. The van der Waals surface area contributed by atoms with Crippen LogP contribution in [0.3, 0.4) is 0 Å². The Labute approximate surface area is 90.5 Å². The highest BCUT2D eigenvalue weighted by atomic mass is 19.2. The summed E-state index contributed by atoms with van der Waals surface area (Å²) >= 11 is 0. The molecule has 0 spiro atoms. The lowest BCUT2D eigenvalue weighted by Crippen LogP contribution is -2.34. The smallest absolute Gasteiger partial charge is 0.251 e. The number of halogens is 3. The molecule has 0 atom stereocenters. The normalized spacial score (nSPS) is 17.0. The van der Waals surface area contributed by atoms with Gasteiger partial charge in [-0.25, -0.2) is 13.2 Å². The van der Waals surface area contributed by atoms with Gasteiger partial charge in [-0.1, -0.05) is 0 Å². The summed E-state index contributed by atoms with van der Waals surface area (Å²) in [6.45, 7) is 1.83. The number of amides is 1. The van der Waals surface area contributed by atoms with Gasteiger partial charge in [-0.2, -0.15) is 0 Å². The summed E-state index contributed by atoms with van der Waals surface area (Å²) in [4.78, 5) is 11.5. The highest BCUT2D eigenvalue weighted by molar-refractivity contribution is 5.94. The number of hydrogen-bond donors (Lipinski definition) is 1. The second kappa shape index (κ2) is 3.50. The van der Waals surface area contributed by atoms with Crippen LogP contribution in [0.15, 0.2) is 12.1 Å². The van der Waals surface area contributed by atoms with Crippen LogP contribution in [0.4, 0.5) is 13.2 Å². The Bertz CT molecular complexity index is 432. The largest absolute Gasteiger partial charge is 0.347 e. The van der Waals surface area contributed by atoms with Crippen LogP contribution in [0, 0.1) is 17.5 Å². The fourth-order valence-corrected chi connectivity index (χ4v) is 1.35. The molecule has 1 fully saturated rings. The molecule has 1 aliphatic rings. The van der Waals surface area contributed by atoms with E-state index < -0.39 is 23.4 Å². The summed E-state index contributed by atoms with van der Waals surface area (Å²) in [5.74, 6) is -4.86. The van der Waals surface area contributed by atoms with E-state index in [1.54, 1.807) is 0 Å². The molecule has 86 valence electrons. The van der Waals surface area contributed by atoms with Crippen molar-refractivity contribution in [3.8, 4) is 0 Å². The monoisotopic (exact) mass is 229 g/mol. The lowest BCUT2D eigenvalue weighted by Gasteiger charge is -2.11. The lowest BCUT2D eigenvalue weighted by atomic mass is 10.1. The van der Waals surface area contributed by atoms with Crippen LogP contribution >= 0.6 is 0 Å². The SMILES string of the molecule is CC1(NC(=O)c2cc(F)c(F)c(F)c2)CC1. The van der Waals surface area contributed by atoms with Crippen molar-refractivity contribution in [1.82, 2.24) is 5.32 Å². The summed E-state index contributed by atoms with van der Waals surface area (Å²) in [5.41, 5.74) is -0.483. The Hall–Kier alpha value is -1.52. The molecule has 0 unspecified atom stereocenters. The molecule has 0 heterocycles. The van der Waals surface area contributed by atoms with E-state index in [1.807, 2.05) is 6.92 Å². The van der Waals surface area contributed by atoms with E-state index in [0.717, 1.165) is 12.8 Å². The van der Waals surface area contributed by atoms with Crippen molar-refractivity contribution in [3.05, 3.63) is 35.1 Å². The van der Waals surface area contributed by atoms with Gasteiger partial charge in [0.15, 0.2) is 17.5 Å². The molecule has 1 aromatic rings. The number of carbonyl (C=O) groups is 1. The molecule has 1 N–H and O–H groups in total. The molecule has 0 saturated heterocycles. The predicted octanol–water partition coefficient (Wildman–Crippen LogP) is 2.39. The van der Waals surface area contributed by atoms with Gasteiger partial charge in [-0.05, 0) is 31.9 Å². The van der Waals surface area contributed by atoms with Gasteiger partial charge in [0.1, 0.15) is 0 Å². The molecule has 0 aliphatic heterocycles. The molecule has 2 rings (SSSR count). The first-order valence-electron chi connectivity index (χ1n) is 4.88. The van der Waals surface area contributed by atoms with E-state index >= 15 is 0 Å². The van der Waals surface area contributed by atoms with Gasteiger partial charge in [-0.15, -0.1) is 0 Å². The van der Waals surface area contributed by atoms with Crippen LogP contribution in [0.5, 0.6) is 0 Å². The lowest BCUT2D eigenvalue weighted by molar-refractivity contribution is 0.0934. The summed E-state index contributed by atoms with van der Waals surface area (Å²) in [5, 5.41) is 2.63. The number of nitrogens with one attached hydrogen (secondary N) is 1. The average molecular weight is 229 g/mol. The van der Waals surface area contributed by atoms with E-state index in [0.29, 0.717) is 12.1 Å². The van der Waals surface area contributed by atoms with Gasteiger partial charge in [0.05, 0.1) is 0 Å². The fraction of sp³-hybridized carbons (Fsp3) is 0.364. The van der Waals surface area contributed by atoms with Crippen LogP contribution in [0.2, 0.25) is 0 Å². The van der Waals surface area contributed by atoms with Crippen LogP contribution in [-0.2, 0) is 0 Å². The number of benzene rings is 1. The van der Waals surface area contributed by atoms with Crippen LogP contribution < -0.4 is 5.32 Å². The van der Waals surface area contributed by atoms with Crippen LogP contribution in [0.25, 0.3) is 0 Å². The predicted molar refractivity (Wildman–Crippen MR) is 51.4 cm³/mol. The van der Waals surface area contributed by atoms with E-state index in [4.69, 9.17) is 0 Å². The first-order chi connectivity index (χ1) is 7.41. The third kappa shape index (κ3) is 2.03. The van der Waals surface area contributed by atoms with Gasteiger partial charge in [0, 0.05) is 11.1 Å². The van der Waals surface area contributed by atoms with E-state index in [-0.39, 0.29) is 11.1 Å². The molecule has 0 aromatic heterocycles. The zero-order valence-corrected chi connectivity index (χ0v) is 8.61. The Kier molecular flexibility index (Phi) is 2.40. The van der Waals surface area contributed by atoms with E-state index in [9.17, 15) is 18.0 Å². The topological polar surface area (TPSA) is 29.1 Å². The Balaban J connectivity index is 2.23. The Morgan fingerprint density at radius 1 is 1.25 bits per heavy atom. The molecule has 5 heteroatoms. The second-order valence-corrected chi connectivity index (χ2v) is 4.27. The summed E-state index contributed by atoms with van der Waals surface area (Å²) in [7, 11) is 0. The van der Waals surface area contributed by atoms with Gasteiger partial charge in [-0.3, -0.25) is 4.79 Å². The molecule has 0 radical (unpaired) electrons. The van der Waals surface area contributed by atoms with Gasteiger partial charge in [0.2, 0.25) is 0 Å². The fourth-order valence-electron chi connectivity index (χ4n) is 1.35. The standard InChI is InChI=1S/C11H10F3NO/c1-11(2-3-11)15-10(16)6-4-7(12)9(14)8(13)5-6/h4-5H,2-3H2,1H3,(H,15,16). The molecule has 0 bridgehead atoms. The van der Waals surface area contributed by atoms with Crippen molar-refractivity contribution < 1.29 is 18.0 Å². The van der Waals surface area contributed by atoms with E-state index in [1.165, 1.54) is 0 Å². The molecular formula is C11H10F3NO. The van der Waals surface area contributed by atoms with Crippen molar-refractivity contribution in [2.24, 2.45) is 0 Å². The minimum Gasteiger partial charge on any atom is -0.347 e. The zero-order valence-electron chi connectivity index (χ0n) is 8.61. The second-order valence-electron chi connectivity index (χ2n) is 4.27. The van der Waals surface area contributed by atoms with Gasteiger partial charge < -0.3 is 5.32 Å². The summed E-state index contributed by atoms with van der Waals surface area (Å²) in [6.07, 6.45) is 1.68. The maximum absolute atomic E-state index is 12.9. The highest BCUT2D eigenvalue weighted by Gasteiger charge is 2.38. The molecule has 2 nitrogen and oxygen atoms in total. The molecular weight excluding hydrogens is 219 g/mol. The van der Waals surface area contributed by atoms with Crippen molar-refractivity contribution >= 4 is 5.91 Å². The molecule has 16 heavy (non-hydrogen) atoms. The number of hydrogen-bond acceptors (Lipinski definition) is 1. The molecule has 1 aliphatic carbocycles. The molecule has 1 aromatic carbocycles. The van der Waals surface area contributed by atoms with Crippen molar-refractivity contribution in [3.63, 3.8) is 0 Å². The molecule has 1 amide bonds. The van der Waals surface area contributed by atoms with Gasteiger partial charge >= 0.3 is 0 Å². The first kappa shape index (κ1) is 11.0. The molecule has 1 saturated carbocycles. The average Bonchev–Trinajstić information content (AvgIpc) is 2.91. The Morgan fingerprint density at radius 3 is 2.19 bits per heavy atom. The maximum Gasteiger partial charge on any atom is 0.251 e. The van der Waals surface area contributed by atoms with Crippen molar-refractivity contribution in [1.29, 1.82) is 0 Å². The quantitative estimate of drug-likeness (QED) is 0.775. The minimum atomic E-state index is -1.56. The van der Waals surface area contributed by atoms with Crippen molar-refractivity contribution in [2.45, 2.75) is 25.3 Å². The number of carbonyl (C=O) groups excluding carboxylic acids is 1. The van der Waals surface area contributed by atoms with Crippen LogP contribution in [0.1, 0.15) is 30.1 Å². The summed E-state index contributed by atoms with van der Waals surface area (Å²) in [6, 6.07) is 1.39. The number of rotatable bonds is 2. The Morgan fingerprint density at radius 2 is 1.75 bits per heavy atom. The third-order valence-electron chi connectivity index (χ3n) is 2.66. The third-order valence-corrected chi connectivity index (χ3v) is 2.66. The van der Waals surface area contributed by atoms with Crippen LogP contribution in [-0.4, -0.2) is 11.4 Å². The highest BCUT2D eigenvalue weighted by Crippen LogP contribution is 2.34. The first-order valence-corrected chi connectivity index (χ1v) is 4.88. The summed E-state index contributed by atoms with van der Waals surface area (Å²) < 4.78 is 38.4.